The Morgan fingerprint density at radius 1 is 1.19 bits per heavy atom. The lowest BCUT2D eigenvalue weighted by Crippen LogP contribution is -2.45. The number of amides is 1. The van der Waals surface area contributed by atoms with Gasteiger partial charge in [0.25, 0.3) is 5.91 Å². The molecule has 3 unspecified atom stereocenters. The average Bonchev–Trinajstić information content (AvgIpc) is 2.68. The highest BCUT2D eigenvalue weighted by Gasteiger charge is 2.25. The number of hydrogen-bond acceptors (Lipinski definition) is 4. The molecule has 1 heterocycles. The Morgan fingerprint density at radius 3 is 2.78 bits per heavy atom. The van der Waals surface area contributed by atoms with Crippen molar-refractivity contribution in [3.05, 3.63) is 48.2 Å². The number of nitrogens with one attached hydrogen (secondary N) is 1. The number of benzene rings is 1. The molecule has 1 fully saturated rings. The van der Waals surface area contributed by atoms with E-state index >= 15 is 0 Å². The van der Waals surface area contributed by atoms with Gasteiger partial charge in [0.2, 0.25) is 0 Å². The van der Waals surface area contributed by atoms with Crippen molar-refractivity contribution in [2.45, 2.75) is 51.7 Å². The van der Waals surface area contributed by atoms with Gasteiger partial charge in [0, 0.05) is 17.5 Å². The monoisotopic (exact) mass is 366 g/mol. The molecule has 1 aliphatic rings. The number of carbonyl (C=O) groups is 2. The molecule has 0 aliphatic heterocycles. The Hall–Kier alpha value is -2.69. The van der Waals surface area contributed by atoms with Crippen LogP contribution < -0.4 is 5.32 Å². The molecule has 27 heavy (non-hydrogen) atoms. The lowest BCUT2D eigenvalue weighted by Gasteiger charge is -2.30. The lowest BCUT2D eigenvalue weighted by molar-refractivity contribution is -0.150. The standard InChI is InChI=1S/C22H26N2O3/c1-15-7-3-5-9-19(15)24-22(26)16(2)27-21(25)14-13-18-12-11-17-8-4-6-10-20(17)23-18/h4,6,8,10-16,19H,3,5,7,9H2,1-2H3,(H,24,26). The highest BCUT2D eigenvalue weighted by Crippen LogP contribution is 2.23. The lowest BCUT2D eigenvalue weighted by atomic mass is 9.86. The molecule has 142 valence electrons. The van der Waals surface area contributed by atoms with Crippen molar-refractivity contribution in [2.75, 3.05) is 0 Å². The second-order valence-corrected chi connectivity index (χ2v) is 7.22. The number of carbonyl (C=O) groups excluding carboxylic acids is 2. The molecule has 1 aromatic carbocycles. The SMILES string of the molecule is CC(OC(=O)C=Cc1ccc2ccccc2n1)C(=O)NC1CCCCC1C. The molecule has 1 saturated carbocycles. The Kier molecular flexibility index (Phi) is 6.22. The summed E-state index contributed by atoms with van der Waals surface area (Å²) in [6.07, 6.45) is 6.55. The first-order valence-electron chi connectivity index (χ1n) is 9.58. The van der Waals surface area contributed by atoms with Crippen LogP contribution in [0.5, 0.6) is 0 Å². The molecule has 2 aromatic rings. The van der Waals surface area contributed by atoms with Gasteiger partial charge in [0.1, 0.15) is 0 Å². The third kappa shape index (κ3) is 5.16. The van der Waals surface area contributed by atoms with Crippen LogP contribution in [-0.4, -0.2) is 29.0 Å². The smallest absolute Gasteiger partial charge is 0.331 e. The van der Waals surface area contributed by atoms with E-state index < -0.39 is 12.1 Å². The summed E-state index contributed by atoms with van der Waals surface area (Å²) in [5.41, 5.74) is 1.53. The van der Waals surface area contributed by atoms with E-state index in [0.29, 0.717) is 11.6 Å². The van der Waals surface area contributed by atoms with E-state index in [-0.39, 0.29) is 11.9 Å². The highest BCUT2D eigenvalue weighted by molar-refractivity contribution is 5.90. The number of rotatable bonds is 5. The van der Waals surface area contributed by atoms with Gasteiger partial charge in [-0.1, -0.05) is 44.0 Å². The van der Waals surface area contributed by atoms with E-state index in [2.05, 4.69) is 17.2 Å². The van der Waals surface area contributed by atoms with E-state index in [4.69, 9.17) is 4.74 Å². The van der Waals surface area contributed by atoms with E-state index in [9.17, 15) is 9.59 Å². The fourth-order valence-electron chi connectivity index (χ4n) is 3.43. The van der Waals surface area contributed by atoms with Crippen molar-refractivity contribution in [3.8, 4) is 0 Å². The first-order chi connectivity index (χ1) is 13.0. The molecule has 3 rings (SSSR count). The van der Waals surface area contributed by atoms with Crippen LogP contribution in [0.2, 0.25) is 0 Å². The minimum absolute atomic E-state index is 0.171. The second-order valence-electron chi connectivity index (χ2n) is 7.22. The van der Waals surface area contributed by atoms with Crippen molar-refractivity contribution in [1.29, 1.82) is 0 Å². The third-order valence-electron chi connectivity index (χ3n) is 5.11. The van der Waals surface area contributed by atoms with Crippen molar-refractivity contribution in [3.63, 3.8) is 0 Å². The number of ether oxygens (including phenoxy) is 1. The summed E-state index contributed by atoms with van der Waals surface area (Å²) < 4.78 is 5.23. The molecule has 0 radical (unpaired) electrons. The van der Waals surface area contributed by atoms with Crippen LogP contribution in [0, 0.1) is 5.92 Å². The van der Waals surface area contributed by atoms with Crippen LogP contribution >= 0.6 is 0 Å². The maximum atomic E-state index is 12.3. The molecule has 0 saturated heterocycles. The predicted molar refractivity (Wildman–Crippen MR) is 106 cm³/mol. The Balaban J connectivity index is 1.54. The first kappa shape index (κ1) is 19.1. The van der Waals surface area contributed by atoms with Crippen LogP contribution in [0.15, 0.2) is 42.5 Å². The highest BCUT2D eigenvalue weighted by atomic mass is 16.5. The summed E-state index contributed by atoms with van der Waals surface area (Å²) in [6.45, 7) is 3.75. The predicted octanol–water partition coefficient (Wildman–Crippen LogP) is 3.87. The number of esters is 1. The van der Waals surface area contributed by atoms with Crippen molar-refractivity contribution in [2.24, 2.45) is 5.92 Å². The van der Waals surface area contributed by atoms with Gasteiger partial charge in [-0.15, -0.1) is 0 Å². The van der Waals surface area contributed by atoms with E-state index in [0.717, 1.165) is 30.2 Å². The van der Waals surface area contributed by atoms with Gasteiger partial charge in [0.05, 0.1) is 11.2 Å². The zero-order valence-corrected chi connectivity index (χ0v) is 15.9. The fourth-order valence-corrected chi connectivity index (χ4v) is 3.43. The molecule has 3 atom stereocenters. The van der Waals surface area contributed by atoms with Crippen molar-refractivity contribution >= 4 is 28.9 Å². The van der Waals surface area contributed by atoms with Crippen LogP contribution in [0.25, 0.3) is 17.0 Å². The fraction of sp³-hybridized carbons (Fsp3) is 0.409. The van der Waals surface area contributed by atoms with Gasteiger partial charge in [-0.3, -0.25) is 4.79 Å². The largest absolute Gasteiger partial charge is 0.449 e. The number of pyridine rings is 1. The molecule has 1 amide bonds. The van der Waals surface area contributed by atoms with E-state index in [1.54, 1.807) is 13.0 Å². The molecule has 0 bridgehead atoms. The first-order valence-corrected chi connectivity index (χ1v) is 9.58. The molecule has 5 nitrogen and oxygen atoms in total. The van der Waals surface area contributed by atoms with E-state index in [1.165, 1.54) is 12.5 Å². The topological polar surface area (TPSA) is 68.3 Å². The maximum absolute atomic E-state index is 12.3. The number of nitrogens with zero attached hydrogens (tertiary/aromatic N) is 1. The zero-order valence-electron chi connectivity index (χ0n) is 15.9. The summed E-state index contributed by atoms with van der Waals surface area (Å²) in [5, 5.41) is 4.06. The molecular weight excluding hydrogens is 340 g/mol. The average molecular weight is 366 g/mol. The van der Waals surface area contributed by atoms with Gasteiger partial charge >= 0.3 is 5.97 Å². The number of aromatic nitrogens is 1. The van der Waals surface area contributed by atoms with Gasteiger partial charge in [0.15, 0.2) is 6.10 Å². The van der Waals surface area contributed by atoms with Crippen LogP contribution in [-0.2, 0) is 14.3 Å². The van der Waals surface area contributed by atoms with Gasteiger partial charge < -0.3 is 10.1 Å². The number of para-hydroxylation sites is 1. The maximum Gasteiger partial charge on any atom is 0.331 e. The third-order valence-corrected chi connectivity index (χ3v) is 5.11. The second kappa shape index (κ2) is 8.80. The Bertz CT molecular complexity index is 846. The van der Waals surface area contributed by atoms with Crippen LogP contribution in [0.3, 0.4) is 0 Å². The summed E-state index contributed by atoms with van der Waals surface area (Å²) in [6, 6.07) is 11.7. The van der Waals surface area contributed by atoms with Crippen molar-refractivity contribution in [1.82, 2.24) is 10.3 Å². The van der Waals surface area contributed by atoms with E-state index in [1.807, 2.05) is 36.4 Å². The number of hydrogen-bond donors (Lipinski definition) is 1. The van der Waals surface area contributed by atoms with Crippen LogP contribution in [0.1, 0.15) is 45.2 Å². The Labute approximate surface area is 159 Å². The van der Waals surface area contributed by atoms with Crippen LogP contribution in [0.4, 0.5) is 0 Å². The summed E-state index contributed by atoms with van der Waals surface area (Å²) in [7, 11) is 0. The Morgan fingerprint density at radius 2 is 1.96 bits per heavy atom. The molecule has 5 heteroatoms. The molecule has 1 N–H and O–H groups in total. The van der Waals surface area contributed by atoms with Gasteiger partial charge in [-0.2, -0.15) is 0 Å². The summed E-state index contributed by atoms with van der Waals surface area (Å²) in [4.78, 5) is 28.8. The minimum atomic E-state index is -0.819. The zero-order chi connectivity index (χ0) is 19.2. The number of fused-ring (bicyclic) bond motifs is 1. The molecular formula is C22H26N2O3. The van der Waals surface area contributed by atoms with Crippen molar-refractivity contribution < 1.29 is 14.3 Å². The normalized spacial score (nSPS) is 21.1. The van der Waals surface area contributed by atoms with Gasteiger partial charge in [-0.05, 0) is 43.9 Å². The summed E-state index contributed by atoms with van der Waals surface area (Å²) >= 11 is 0. The minimum Gasteiger partial charge on any atom is -0.449 e. The summed E-state index contributed by atoms with van der Waals surface area (Å²) in [5.74, 6) is -0.326. The molecule has 1 aromatic heterocycles. The molecule has 1 aliphatic carbocycles. The van der Waals surface area contributed by atoms with Gasteiger partial charge in [-0.25, -0.2) is 9.78 Å². The quantitative estimate of drug-likeness (QED) is 0.644. The molecule has 0 spiro atoms.